The van der Waals surface area contributed by atoms with Crippen molar-refractivity contribution in [3.63, 3.8) is 0 Å². The predicted molar refractivity (Wildman–Crippen MR) is 113 cm³/mol. The molecule has 29 heavy (non-hydrogen) atoms. The first-order valence-corrected chi connectivity index (χ1v) is 10.2. The first-order valence-electron chi connectivity index (χ1n) is 9.00. The van der Waals surface area contributed by atoms with Gasteiger partial charge >= 0.3 is 0 Å². The Labute approximate surface area is 172 Å². The van der Waals surface area contributed by atoms with Gasteiger partial charge in [-0.25, -0.2) is 4.39 Å². The van der Waals surface area contributed by atoms with Crippen molar-refractivity contribution in [1.82, 2.24) is 10.3 Å². The summed E-state index contributed by atoms with van der Waals surface area (Å²) in [5.41, 5.74) is 2.19. The Bertz CT molecular complexity index is 898. The molecule has 5 nitrogen and oxygen atoms in total. The zero-order valence-electron chi connectivity index (χ0n) is 15.5. The largest absolute Gasteiger partial charge is 0.343 e. The van der Waals surface area contributed by atoms with Gasteiger partial charge in [-0.3, -0.25) is 14.6 Å². The number of benzene rings is 2. The van der Waals surface area contributed by atoms with E-state index >= 15 is 0 Å². The van der Waals surface area contributed by atoms with E-state index in [9.17, 15) is 14.0 Å². The van der Waals surface area contributed by atoms with E-state index in [-0.39, 0.29) is 35.2 Å². The van der Waals surface area contributed by atoms with Crippen LogP contribution in [0.5, 0.6) is 0 Å². The molecule has 1 heterocycles. The van der Waals surface area contributed by atoms with Gasteiger partial charge in [0.15, 0.2) is 0 Å². The predicted octanol–water partition coefficient (Wildman–Crippen LogP) is 3.80. The number of hydrogen-bond acceptors (Lipinski definition) is 4. The average molecular weight is 409 g/mol. The third-order valence-electron chi connectivity index (χ3n) is 4.02. The molecule has 0 radical (unpaired) electrons. The summed E-state index contributed by atoms with van der Waals surface area (Å²) in [6.45, 7) is 0. The van der Waals surface area contributed by atoms with E-state index < -0.39 is 0 Å². The van der Waals surface area contributed by atoms with Gasteiger partial charge in [-0.05, 0) is 42.0 Å². The highest BCUT2D eigenvalue weighted by Gasteiger charge is 2.18. The van der Waals surface area contributed by atoms with Gasteiger partial charge in [-0.15, -0.1) is 11.8 Å². The molecule has 0 aliphatic heterocycles. The van der Waals surface area contributed by atoms with Crippen molar-refractivity contribution in [1.29, 1.82) is 0 Å². The summed E-state index contributed by atoms with van der Waals surface area (Å²) in [5.74, 6) is -0.560. The molecule has 1 unspecified atom stereocenters. The molecule has 1 aromatic heterocycles. The van der Waals surface area contributed by atoms with Gasteiger partial charge in [-0.2, -0.15) is 0 Å². The van der Waals surface area contributed by atoms with Crippen LogP contribution in [-0.4, -0.2) is 28.3 Å². The van der Waals surface area contributed by atoms with Crippen LogP contribution in [-0.2, 0) is 9.59 Å². The summed E-state index contributed by atoms with van der Waals surface area (Å²) in [5, 5.41) is 5.65. The Balaban J connectivity index is 1.52. The molecule has 2 aromatic carbocycles. The van der Waals surface area contributed by atoms with Crippen molar-refractivity contribution in [3.05, 3.63) is 96.1 Å². The van der Waals surface area contributed by atoms with Crippen LogP contribution in [0.25, 0.3) is 0 Å². The number of anilines is 1. The second-order valence-corrected chi connectivity index (χ2v) is 7.20. The highest BCUT2D eigenvalue weighted by Crippen LogP contribution is 2.20. The zero-order chi connectivity index (χ0) is 20.5. The maximum absolute atomic E-state index is 12.9. The van der Waals surface area contributed by atoms with Crippen LogP contribution in [0.4, 0.5) is 10.1 Å². The lowest BCUT2D eigenvalue weighted by atomic mass is 10.0. The van der Waals surface area contributed by atoms with Crippen molar-refractivity contribution in [2.75, 3.05) is 16.8 Å². The van der Waals surface area contributed by atoms with E-state index in [0.29, 0.717) is 5.69 Å². The minimum Gasteiger partial charge on any atom is -0.343 e. The number of aromatic nitrogens is 1. The second kappa shape index (κ2) is 10.4. The molecule has 3 rings (SSSR count). The van der Waals surface area contributed by atoms with Crippen molar-refractivity contribution < 1.29 is 14.0 Å². The third kappa shape index (κ3) is 6.43. The van der Waals surface area contributed by atoms with Crippen molar-refractivity contribution in [3.8, 4) is 0 Å². The fourth-order valence-electron chi connectivity index (χ4n) is 2.69. The molecule has 0 bridgehead atoms. The molecule has 0 spiro atoms. The Kier molecular flexibility index (Phi) is 7.35. The summed E-state index contributed by atoms with van der Waals surface area (Å²) >= 11 is 1.21. The number of pyridine rings is 1. The Morgan fingerprint density at radius 1 is 0.897 bits per heavy atom. The molecule has 2 N–H and O–H groups in total. The summed E-state index contributed by atoms with van der Waals surface area (Å²) in [4.78, 5) is 28.8. The average Bonchev–Trinajstić information content (AvgIpc) is 2.75. The number of hydrogen-bond donors (Lipinski definition) is 2. The third-order valence-corrected chi connectivity index (χ3v) is 4.95. The number of amides is 2. The van der Waals surface area contributed by atoms with E-state index in [0.717, 1.165) is 11.3 Å². The quantitative estimate of drug-likeness (QED) is 0.594. The number of nitrogens with zero attached hydrogens (tertiary/aromatic N) is 1. The minimum absolute atomic E-state index is 0.115. The normalized spacial score (nSPS) is 11.5. The molecule has 0 aliphatic carbocycles. The molecule has 1 atom stereocenters. The first-order chi connectivity index (χ1) is 14.1. The molecular weight excluding hydrogens is 389 g/mol. The summed E-state index contributed by atoms with van der Waals surface area (Å²) in [6, 6.07) is 20.3. The van der Waals surface area contributed by atoms with Gasteiger partial charge in [0.2, 0.25) is 11.8 Å². The highest BCUT2D eigenvalue weighted by molar-refractivity contribution is 8.00. The van der Waals surface area contributed by atoms with E-state index in [1.54, 1.807) is 6.20 Å². The molecule has 0 saturated carbocycles. The Hall–Kier alpha value is -3.19. The van der Waals surface area contributed by atoms with Crippen LogP contribution in [0.15, 0.2) is 79.0 Å². The van der Waals surface area contributed by atoms with Gasteiger partial charge in [0.1, 0.15) is 5.82 Å². The smallest absolute Gasteiger partial charge is 0.234 e. The van der Waals surface area contributed by atoms with E-state index in [4.69, 9.17) is 0 Å². The maximum atomic E-state index is 12.9. The van der Waals surface area contributed by atoms with Gasteiger partial charge < -0.3 is 10.6 Å². The van der Waals surface area contributed by atoms with Crippen molar-refractivity contribution in [2.45, 2.75) is 6.04 Å². The van der Waals surface area contributed by atoms with Crippen LogP contribution in [0.1, 0.15) is 17.3 Å². The molecule has 7 heteroatoms. The fourth-order valence-corrected chi connectivity index (χ4v) is 3.32. The highest BCUT2D eigenvalue weighted by atomic mass is 32.2. The topological polar surface area (TPSA) is 71.1 Å². The van der Waals surface area contributed by atoms with Crippen LogP contribution in [0.3, 0.4) is 0 Å². The summed E-state index contributed by atoms with van der Waals surface area (Å²) in [6.07, 6.45) is 1.69. The molecular formula is C22H20FN3O2S. The number of carbonyl (C=O) groups excluding carboxylic acids is 2. The molecule has 0 aliphatic rings. The number of halogens is 1. The summed E-state index contributed by atoms with van der Waals surface area (Å²) < 4.78 is 12.9. The van der Waals surface area contributed by atoms with Gasteiger partial charge in [0.25, 0.3) is 0 Å². The standard InChI is InChI=1S/C22H20FN3O2S/c23-17-9-11-18(12-10-17)25-20(27)14-29-15-21(28)26-22(16-6-2-1-3-7-16)19-8-4-5-13-24-19/h1-13,22H,14-15H2,(H,25,27)(H,26,28). The minimum atomic E-state index is -0.366. The van der Waals surface area contributed by atoms with Crippen molar-refractivity contribution in [2.24, 2.45) is 0 Å². The zero-order valence-corrected chi connectivity index (χ0v) is 16.4. The number of rotatable bonds is 8. The lowest BCUT2D eigenvalue weighted by molar-refractivity contribution is -0.119. The van der Waals surface area contributed by atoms with Gasteiger partial charge in [0.05, 0.1) is 23.2 Å². The molecule has 3 aromatic rings. The van der Waals surface area contributed by atoms with E-state index in [2.05, 4.69) is 15.6 Å². The molecule has 2 amide bonds. The second-order valence-electron chi connectivity index (χ2n) is 6.21. The molecule has 0 fully saturated rings. The van der Waals surface area contributed by atoms with Crippen LogP contribution >= 0.6 is 11.8 Å². The number of thioether (sulfide) groups is 1. The first kappa shape index (κ1) is 20.5. The number of nitrogens with one attached hydrogen (secondary N) is 2. The van der Waals surface area contributed by atoms with Gasteiger partial charge in [-0.1, -0.05) is 36.4 Å². The van der Waals surface area contributed by atoms with Crippen LogP contribution in [0.2, 0.25) is 0 Å². The molecule has 148 valence electrons. The van der Waals surface area contributed by atoms with Crippen LogP contribution in [0, 0.1) is 5.82 Å². The molecule has 0 saturated heterocycles. The number of carbonyl (C=O) groups is 2. The summed E-state index contributed by atoms with van der Waals surface area (Å²) in [7, 11) is 0. The Morgan fingerprint density at radius 2 is 1.59 bits per heavy atom. The van der Waals surface area contributed by atoms with Crippen molar-refractivity contribution >= 4 is 29.3 Å². The lowest BCUT2D eigenvalue weighted by Gasteiger charge is -2.18. The SMILES string of the molecule is O=C(CSCC(=O)NC(c1ccccc1)c1ccccn1)Nc1ccc(F)cc1. The Morgan fingerprint density at radius 3 is 2.28 bits per heavy atom. The van der Waals surface area contributed by atoms with E-state index in [1.165, 1.54) is 36.0 Å². The monoisotopic (exact) mass is 409 g/mol. The van der Waals surface area contributed by atoms with Crippen LogP contribution < -0.4 is 10.6 Å². The van der Waals surface area contributed by atoms with Gasteiger partial charge in [0, 0.05) is 11.9 Å². The lowest BCUT2D eigenvalue weighted by Crippen LogP contribution is -2.31. The maximum Gasteiger partial charge on any atom is 0.234 e. The van der Waals surface area contributed by atoms with E-state index in [1.807, 2.05) is 48.5 Å². The fraction of sp³-hybridized carbons (Fsp3) is 0.136.